The van der Waals surface area contributed by atoms with Crippen LogP contribution in [-0.2, 0) is 4.74 Å². The van der Waals surface area contributed by atoms with Gasteiger partial charge >= 0.3 is 0 Å². The third-order valence-electron chi connectivity index (χ3n) is 3.42. The summed E-state index contributed by atoms with van der Waals surface area (Å²) in [7, 11) is 0. The molecule has 1 aliphatic rings. The van der Waals surface area contributed by atoms with Crippen LogP contribution in [-0.4, -0.2) is 24.9 Å². The van der Waals surface area contributed by atoms with Crippen molar-refractivity contribution in [3.63, 3.8) is 0 Å². The molecule has 0 bridgehead atoms. The number of halogens is 1. The van der Waals surface area contributed by atoms with E-state index in [9.17, 15) is 4.39 Å². The highest BCUT2D eigenvalue weighted by molar-refractivity contribution is 5.68. The Labute approximate surface area is 119 Å². The molecule has 0 aromatic heterocycles. The number of ether oxygens (including phenoxy) is 2. The standard InChI is InChI=1S/C15H23FN2O2/c1-10(2)20-14-8-13(12(17)7-11(14)16)18-9-15(3)5-4-6-19-15/h7-8,10,18H,4-6,9,17H2,1-3H3. The van der Waals surface area contributed by atoms with E-state index >= 15 is 0 Å². The van der Waals surface area contributed by atoms with Gasteiger partial charge in [0.15, 0.2) is 11.6 Å². The summed E-state index contributed by atoms with van der Waals surface area (Å²) >= 11 is 0. The summed E-state index contributed by atoms with van der Waals surface area (Å²) in [5, 5.41) is 3.24. The van der Waals surface area contributed by atoms with Crippen molar-refractivity contribution in [3.05, 3.63) is 17.9 Å². The largest absolute Gasteiger partial charge is 0.488 e. The van der Waals surface area contributed by atoms with Gasteiger partial charge in [0.05, 0.1) is 23.1 Å². The predicted octanol–water partition coefficient (Wildman–Crippen LogP) is 3.18. The Kier molecular flexibility index (Phi) is 4.38. The number of nitrogens with two attached hydrogens (primary N) is 1. The van der Waals surface area contributed by atoms with E-state index in [1.807, 2.05) is 13.8 Å². The minimum Gasteiger partial charge on any atom is -0.488 e. The molecule has 1 aliphatic heterocycles. The van der Waals surface area contributed by atoms with Crippen molar-refractivity contribution in [3.8, 4) is 5.75 Å². The van der Waals surface area contributed by atoms with Gasteiger partial charge < -0.3 is 20.5 Å². The van der Waals surface area contributed by atoms with Crippen molar-refractivity contribution in [1.82, 2.24) is 0 Å². The second-order valence-electron chi connectivity index (χ2n) is 5.79. The quantitative estimate of drug-likeness (QED) is 0.814. The molecule has 1 fully saturated rings. The van der Waals surface area contributed by atoms with Crippen molar-refractivity contribution in [2.75, 3.05) is 24.2 Å². The predicted molar refractivity (Wildman–Crippen MR) is 78.7 cm³/mol. The van der Waals surface area contributed by atoms with E-state index in [2.05, 4.69) is 12.2 Å². The summed E-state index contributed by atoms with van der Waals surface area (Å²) in [5.74, 6) is -0.223. The lowest BCUT2D eigenvalue weighted by molar-refractivity contribution is 0.0315. The van der Waals surface area contributed by atoms with Gasteiger partial charge in [-0.15, -0.1) is 0 Å². The molecule has 1 aromatic carbocycles. The van der Waals surface area contributed by atoms with Gasteiger partial charge in [0.1, 0.15) is 0 Å². The first-order valence-electron chi connectivity index (χ1n) is 7.03. The molecule has 1 aromatic rings. The van der Waals surface area contributed by atoms with Crippen LogP contribution >= 0.6 is 0 Å². The molecular formula is C15H23FN2O2. The maximum Gasteiger partial charge on any atom is 0.167 e. The maximum absolute atomic E-state index is 13.7. The van der Waals surface area contributed by atoms with Crippen LogP contribution in [0.5, 0.6) is 5.75 Å². The molecule has 5 heteroatoms. The van der Waals surface area contributed by atoms with Crippen LogP contribution in [0.1, 0.15) is 33.6 Å². The molecular weight excluding hydrogens is 259 g/mol. The van der Waals surface area contributed by atoms with Crippen molar-refractivity contribution in [1.29, 1.82) is 0 Å². The molecule has 3 N–H and O–H groups in total. The normalized spacial score (nSPS) is 22.2. The average molecular weight is 282 g/mol. The lowest BCUT2D eigenvalue weighted by Gasteiger charge is -2.25. The van der Waals surface area contributed by atoms with Gasteiger partial charge in [0.25, 0.3) is 0 Å². The minimum absolute atomic E-state index is 0.0864. The van der Waals surface area contributed by atoms with E-state index in [4.69, 9.17) is 15.2 Å². The summed E-state index contributed by atoms with van der Waals surface area (Å²) in [4.78, 5) is 0. The fourth-order valence-electron chi connectivity index (χ4n) is 2.32. The van der Waals surface area contributed by atoms with E-state index in [0.717, 1.165) is 19.4 Å². The van der Waals surface area contributed by atoms with Gasteiger partial charge in [-0.1, -0.05) is 0 Å². The van der Waals surface area contributed by atoms with Crippen LogP contribution in [0.3, 0.4) is 0 Å². The molecule has 1 unspecified atom stereocenters. The number of hydrogen-bond donors (Lipinski definition) is 2. The summed E-state index contributed by atoms with van der Waals surface area (Å²) in [6.45, 7) is 7.22. The fraction of sp³-hybridized carbons (Fsp3) is 0.600. The molecule has 0 aliphatic carbocycles. The smallest absolute Gasteiger partial charge is 0.167 e. The Morgan fingerprint density at radius 2 is 2.25 bits per heavy atom. The zero-order valence-electron chi connectivity index (χ0n) is 12.3. The number of hydrogen-bond acceptors (Lipinski definition) is 4. The monoisotopic (exact) mass is 282 g/mol. The van der Waals surface area contributed by atoms with Gasteiger partial charge in [0.2, 0.25) is 0 Å². The van der Waals surface area contributed by atoms with E-state index in [1.165, 1.54) is 6.07 Å². The van der Waals surface area contributed by atoms with Crippen molar-refractivity contribution < 1.29 is 13.9 Å². The molecule has 0 radical (unpaired) electrons. The molecule has 0 saturated carbocycles. The number of benzene rings is 1. The van der Waals surface area contributed by atoms with E-state index < -0.39 is 5.82 Å². The SMILES string of the molecule is CC(C)Oc1cc(NCC2(C)CCCO2)c(N)cc1F. The van der Waals surface area contributed by atoms with Gasteiger partial charge in [-0.05, 0) is 33.6 Å². The Balaban J connectivity index is 2.10. The average Bonchev–Trinajstić information content (AvgIpc) is 2.78. The van der Waals surface area contributed by atoms with Crippen LogP contribution in [0.2, 0.25) is 0 Å². The molecule has 20 heavy (non-hydrogen) atoms. The Hall–Kier alpha value is -1.49. The molecule has 4 nitrogen and oxygen atoms in total. The van der Waals surface area contributed by atoms with Crippen LogP contribution in [0, 0.1) is 5.82 Å². The number of rotatable bonds is 5. The molecule has 1 saturated heterocycles. The fourth-order valence-corrected chi connectivity index (χ4v) is 2.32. The molecule has 0 spiro atoms. The van der Waals surface area contributed by atoms with E-state index in [-0.39, 0.29) is 17.5 Å². The molecule has 1 atom stereocenters. The first-order valence-corrected chi connectivity index (χ1v) is 7.03. The first-order chi connectivity index (χ1) is 9.39. The Morgan fingerprint density at radius 3 is 2.85 bits per heavy atom. The molecule has 2 rings (SSSR count). The third kappa shape index (κ3) is 3.54. The third-order valence-corrected chi connectivity index (χ3v) is 3.42. The first kappa shape index (κ1) is 14.9. The van der Waals surface area contributed by atoms with Gasteiger partial charge in [-0.2, -0.15) is 0 Å². The summed E-state index contributed by atoms with van der Waals surface area (Å²) < 4.78 is 24.9. The number of nitrogen functional groups attached to an aromatic ring is 1. The highest BCUT2D eigenvalue weighted by atomic mass is 19.1. The van der Waals surface area contributed by atoms with Gasteiger partial charge in [0, 0.05) is 25.3 Å². The zero-order valence-corrected chi connectivity index (χ0v) is 12.3. The van der Waals surface area contributed by atoms with Gasteiger partial charge in [-0.25, -0.2) is 4.39 Å². The van der Waals surface area contributed by atoms with Gasteiger partial charge in [-0.3, -0.25) is 0 Å². The molecule has 112 valence electrons. The molecule has 1 heterocycles. The highest BCUT2D eigenvalue weighted by Crippen LogP contribution is 2.31. The van der Waals surface area contributed by atoms with Crippen LogP contribution < -0.4 is 15.8 Å². The molecule has 0 amide bonds. The Bertz CT molecular complexity index is 471. The summed E-state index contributed by atoms with van der Waals surface area (Å²) in [6.07, 6.45) is 1.99. The number of anilines is 2. The van der Waals surface area contributed by atoms with Crippen molar-refractivity contribution >= 4 is 11.4 Å². The van der Waals surface area contributed by atoms with Crippen LogP contribution in [0.25, 0.3) is 0 Å². The van der Waals surface area contributed by atoms with Crippen molar-refractivity contribution in [2.45, 2.75) is 45.3 Å². The van der Waals surface area contributed by atoms with E-state index in [1.54, 1.807) is 6.07 Å². The highest BCUT2D eigenvalue weighted by Gasteiger charge is 2.29. The zero-order chi connectivity index (χ0) is 14.8. The number of nitrogens with one attached hydrogen (secondary N) is 1. The minimum atomic E-state index is -0.440. The van der Waals surface area contributed by atoms with Crippen molar-refractivity contribution in [2.24, 2.45) is 0 Å². The summed E-state index contributed by atoms with van der Waals surface area (Å²) in [5.41, 5.74) is 6.72. The summed E-state index contributed by atoms with van der Waals surface area (Å²) in [6, 6.07) is 2.90. The van der Waals surface area contributed by atoms with Crippen LogP contribution in [0.15, 0.2) is 12.1 Å². The topological polar surface area (TPSA) is 56.5 Å². The Morgan fingerprint density at radius 1 is 1.50 bits per heavy atom. The second kappa shape index (κ2) is 5.87. The lowest BCUT2D eigenvalue weighted by atomic mass is 10.0. The van der Waals surface area contributed by atoms with Crippen LogP contribution in [0.4, 0.5) is 15.8 Å². The lowest BCUT2D eigenvalue weighted by Crippen LogP contribution is -2.32. The second-order valence-corrected chi connectivity index (χ2v) is 5.79. The maximum atomic E-state index is 13.7. The van der Waals surface area contributed by atoms with E-state index in [0.29, 0.717) is 17.9 Å².